The second-order valence-electron chi connectivity index (χ2n) is 12.4. The van der Waals surface area contributed by atoms with E-state index in [4.69, 9.17) is 9.15 Å². The Kier molecular flexibility index (Phi) is 9.34. The van der Waals surface area contributed by atoms with Crippen molar-refractivity contribution in [1.82, 2.24) is 24.3 Å². The van der Waals surface area contributed by atoms with E-state index in [1.54, 1.807) is 24.0 Å². The summed E-state index contributed by atoms with van der Waals surface area (Å²) in [6.07, 6.45) is -11.0. The van der Waals surface area contributed by atoms with Crippen molar-refractivity contribution in [2.45, 2.75) is 70.0 Å². The van der Waals surface area contributed by atoms with Crippen LogP contribution in [0.25, 0.3) is 0 Å². The van der Waals surface area contributed by atoms with Crippen LogP contribution in [0, 0.1) is 12.7 Å². The topological polar surface area (TPSA) is 132 Å². The van der Waals surface area contributed by atoms with Gasteiger partial charge in [0.05, 0.1) is 54.8 Å². The number of rotatable bonds is 8. The van der Waals surface area contributed by atoms with Crippen molar-refractivity contribution in [3.8, 4) is 0 Å². The first-order valence-electron chi connectivity index (χ1n) is 15.6. The maximum atomic E-state index is 15.1. The third kappa shape index (κ3) is 7.14. The zero-order valence-electron chi connectivity index (χ0n) is 26.8. The molecule has 1 atom stereocenters. The lowest BCUT2D eigenvalue weighted by Gasteiger charge is -2.38. The lowest BCUT2D eigenvalue weighted by molar-refractivity contribution is -0.153. The van der Waals surface area contributed by atoms with E-state index in [0.29, 0.717) is 16.3 Å². The fraction of sp³-hybridized carbons (Fsp3) is 0.394. The summed E-state index contributed by atoms with van der Waals surface area (Å²) in [7, 11) is 0. The van der Waals surface area contributed by atoms with Crippen LogP contribution < -0.4 is 16.6 Å². The molecule has 2 aliphatic rings. The van der Waals surface area contributed by atoms with Gasteiger partial charge in [0.1, 0.15) is 17.2 Å². The highest BCUT2D eigenvalue weighted by Crippen LogP contribution is 2.43. The summed E-state index contributed by atoms with van der Waals surface area (Å²) in [5.74, 6) is -2.35. The minimum atomic E-state index is -4.99. The molecular formula is C33H30F7N5O6. The molecule has 1 aromatic carbocycles. The summed E-state index contributed by atoms with van der Waals surface area (Å²) in [6, 6.07) is 7.80. The highest BCUT2D eigenvalue weighted by Gasteiger charge is 2.48. The molecule has 1 saturated heterocycles. The van der Waals surface area contributed by atoms with Crippen LogP contribution in [0.4, 0.5) is 35.5 Å². The van der Waals surface area contributed by atoms with E-state index in [1.807, 2.05) is 0 Å². The minimum Gasteiger partial charge on any atom is -0.465 e. The fourth-order valence-electron chi connectivity index (χ4n) is 6.70. The lowest BCUT2D eigenvalue weighted by Crippen LogP contribution is -2.50. The average Bonchev–Trinajstić information content (AvgIpc) is 3.67. The quantitative estimate of drug-likeness (QED) is 0.226. The summed E-state index contributed by atoms with van der Waals surface area (Å²) >= 11 is 0. The predicted molar refractivity (Wildman–Crippen MR) is 163 cm³/mol. The van der Waals surface area contributed by atoms with Gasteiger partial charge >= 0.3 is 24.1 Å². The van der Waals surface area contributed by atoms with Gasteiger partial charge in [-0.3, -0.25) is 23.8 Å². The molecule has 6 rings (SSSR count). The number of benzene rings is 1. The van der Waals surface area contributed by atoms with Crippen molar-refractivity contribution in [2.75, 3.05) is 13.1 Å². The van der Waals surface area contributed by atoms with Gasteiger partial charge in [-0.2, -0.15) is 26.3 Å². The monoisotopic (exact) mass is 725 g/mol. The number of likely N-dealkylation sites (tertiary alicyclic amines) is 1. The van der Waals surface area contributed by atoms with Gasteiger partial charge < -0.3 is 19.6 Å². The van der Waals surface area contributed by atoms with Gasteiger partial charge in [-0.1, -0.05) is 12.1 Å². The number of aryl methyl sites for hydroxylation is 1. The summed E-state index contributed by atoms with van der Waals surface area (Å²) in [4.78, 5) is 46.3. The highest BCUT2D eigenvalue weighted by atomic mass is 19.4. The molecule has 2 aliphatic heterocycles. The number of carboxylic acid groups (broad SMARTS) is 1. The van der Waals surface area contributed by atoms with Crippen molar-refractivity contribution >= 4 is 6.09 Å². The Hall–Kier alpha value is -4.97. The number of fused-ring (bicyclic) bond motifs is 2. The maximum absolute atomic E-state index is 15.1. The van der Waals surface area contributed by atoms with Crippen molar-refractivity contribution in [3.63, 3.8) is 0 Å². The number of aromatic nitrogens is 3. The molecule has 0 bridgehead atoms. The fourth-order valence-corrected chi connectivity index (χ4v) is 6.70. The van der Waals surface area contributed by atoms with Gasteiger partial charge in [0, 0.05) is 24.3 Å². The smallest absolute Gasteiger partial charge is 0.449 e. The van der Waals surface area contributed by atoms with E-state index in [9.17, 15) is 45.8 Å². The summed E-state index contributed by atoms with van der Waals surface area (Å²) < 4.78 is 109. The third-order valence-electron chi connectivity index (χ3n) is 9.13. The summed E-state index contributed by atoms with van der Waals surface area (Å²) in [6.45, 7) is 0.0524. The van der Waals surface area contributed by atoms with Crippen molar-refractivity contribution in [1.29, 1.82) is 0 Å². The van der Waals surface area contributed by atoms with Gasteiger partial charge in [-0.05, 0) is 56.2 Å². The first-order valence-corrected chi connectivity index (χ1v) is 15.6. The van der Waals surface area contributed by atoms with Crippen LogP contribution in [-0.2, 0) is 48.9 Å². The number of alkyl halides is 6. The first-order chi connectivity index (χ1) is 24.0. The number of hydrogen-bond acceptors (Lipinski definition) is 7. The molecule has 1 unspecified atom stereocenters. The first kappa shape index (κ1) is 35.8. The van der Waals surface area contributed by atoms with E-state index >= 15 is 4.39 Å². The number of carbonyl (C=O) groups is 1. The SMILES string of the molecule is Cc1cccc(C(Cn2c(=O)c3c(n(Cc4c(F)cccc4C(F)(F)F)c2=O)COC32CCN(Cc3ccc(C(F)(F)F)o3)CC2)NC(=O)O)n1. The molecule has 0 aliphatic carbocycles. The molecule has 272 valence electrons. The molecule has 0 radical (unpaired) electrons. The zero-order chi connectivity index (χ0) is 36.9. The van der Waals surface area contributed by atoms with E-state index in [2.05, 4.69) is 10.3 Å². The normalized spacial score (nSPS) is 16.7. The van der Waals surface area contributed by atoms with Crippen LogP contribution in [0.15, 0.2) is 62.5 Å². The van der Waals surface area contributed by atoms with Crippen LogP contribution in [0.1, 0.15) is 64.2 Å². The number of nitrogens with one attached hydrogen (secondary N) is 1. The van der Waals surface area contributed by atoms with Gasteiger partial charge in [0.2, 0.25) is 5.76 Å². The number of nitrogens with zero attached hydrogens (tertiary/aromatic N) is 4. The van der Waals surface area contributed by atoms with E-state index in [0.717, 1.165) is 22.8 Å². The van der Waals surface area contributed by atoms with Crippen LogP contribution in [-0.4, -0.2) is 43.3 Å². The zero-order valence-corrected chi connectivity index (χ0v) is 26.8. The van der Waals surface area contributed by atoms with Crippen molar-refractivity contribution in [2.24, 2.45) is 0 Å². The van der Waals surface area contributed by atoms with Gasteiger partial charge in [-0.15, -0.1) is 0 Å². The summed E-state index contributed by atoms with van der Waals surface area (Å²) in [5, 5.41) is 11.8. The average molecular weight is 726 g/mol. The Bertz CT molecular complexity index is 2080. The van der Waals surface area contributed by atoms with Crippen molar-refractivity contribution in [3.05, 3.63) is 120 Å². The van der Waals surface area contributed by atoms with Crippen LogP contribution >= 0.6 is 0 Å². The van der Waals surface area contributed by atoms with Gasteiger partial charge in [-0.25, -0.2) is 14.0 Å². The molecule has 1 spiro atoms. The molecule has 51 heavy (non-hydrogen) atoms. The van der Waals surface area contributed by atoms with Crippen LogP contribution in [0.5, 0.6) is 0 Å². The molecule has 18 heteroatoms. The Morgan fingerprint density at radius 2 is 1.69 bits per heavy atom. The number of hydrogen-bond donors (Lipinski definition) is 2. The lowest BCUT2D eigenvalue weighted by atomic mass is 9.85. The highest BCUT2D eigenvalue weighted by molar-refractivity contribution is 5.65. The Labute approximate surface area is 283 Å². The Morgan fingerprint density at radius 1 is 0.980 bits per heavy atom. The Balaban J connectivity index is 1.43. The molecule has 11 nitrogen and oxygen atoms in total. The molecule has 1 amide bonds. The van der Waals surface area contributed by atoms with Crippen LogP contribution in [0.2, 0.25) is 0 Å². The molecule has 2 N–H and O–H groups in total. The predicted octanol–water partition coefficient (Wildman–Crippen LogP) is 5.56. The number of pyridine rings is 1. The number of piperidine rings is 1. The van der Waals surface area contributed by atoms with Gasteiger partial charge in [0.25, 0.3) is 5.56 Å². The second-order valence-corrected chi connectivity index (χ2v) is 12.4. The minimum absolute atomic E-state index is 0.00226. The molecule has 0 saturated carbocycles. The molecular weight excluding hydrogens is 695 g/mol. The summed E-state index contributed by atoms with van der Waals surface area (Å²) in [5.41, 5.74) is -5.06. The molecule has 4 aromatic rings. The molecule has 3 aromatic heterocycles. The van der Waals surface area contributed by atoms with E-state index in [1.165, 1.54) is 12.1 Å². The van der Waals surface area contributed by atoms with E-state index in [-0.39, 0.29) is 61.8 Å². The largest absolute Gasteiger partial charge is 0.465 e. The molecule has 5 heterocycles. The van der Waals surface area contributed by atoms with Crippen LogP contribution in [0.3, 0.4) is 0 Å². The second kappa shape index (κ2) is 13.3. The number of halogens is 7. The number of ether oxygens (including phenoxy) is 1. The standard InChI is InChI=1S/C33H30F7N5O6/c1-18-4-2-7-23(41-18)24(42-29(47)48)16-45-28(46)27-25(44(30(45)49)15-20-21(32(35,36)37)5-3-6-22(20)34)17-50-31(27)10-12-43(13-11-31)14-19-8-9-26(51-19)33(38,39)40/h2-9,24,42H,10-17H2,1H3,(H,47,48). The third-order valence-corrected chi connectivity index (χ3v) is 9.13. The number of furan rings is 1. The number of amides is 1. The van der Waals surface area contributed by atoms with Crippen molar-refractivity contribution < 1.29 is 49.8 Å². The molecule has 1 fully saturated rings. The Morgan fingerprint density at radius 3 is 2.31 bits per heavy atom. The van der Waals surface area contributed by atoms with Gasteiger partial charge in [0.15, 0.2) is 0 Å². The maximum Gasteiger partial charge on any atom is 0.449 e. The van der Waals surface area contributed by atoms with E-state index < -0.39 is 77.1 Å².